The van der Waals surface area contributed by atoms with Crippen LogP contribution in [0, 0.1) is 11.3 Å². The first kappa shape index (κ1) is 16.6. The Balaban J connectivity index is 1.61. The summed E-state index contributed by atoms with van der Waals surface area (Å²) in [5.74, 6) is 0.0820. The quantitative estimate of drug-likeness (QED) is 0.857. The highest BCUT2D eigenvalue weighted by atomic mass is 16.2. The standard InChI is InChI=1S/C21H21N3O2/c22-13-18-12-17-4-3-5-19(17)24(21(18)26)14-15-6-8-16(9-7-15)20(25)23-10-1-2-11-23/h6-9,12H,1-5,10-11,14H2. The molecular weight excluding hydrogens is 326 g/mol. The third-order valence-corrected chi connectivity index (χ3v) is 5.41. The lowest BCUT2D eigenvalue weighted by Crippen LogP contribution is -2.28. The third kappa shape index (κ3) is 2.92. The zero-order valence-corrected chi connectivity index (χ0v) is 14.7. The van der Waals surface area contributed by atoms with Crippen molar-refractivity contribution in [2.45, 2.75) is 38.6 Å². The van der Waals surface area contributed by atoms with E-state index in [9.17, 15) is 14.9 Å². The van der Waals surface area contributed by atoms with E-state index < -0.39 is 0 Å². The Kier molecular flexibility index (Phi) is 4.34. The molecule has 26 heavy (non-hydrogen) atoms. The number of carbonyl (C=O) groups excluding carboxylic acids is 1. The molecule has 1 amide bonds. The van der Waals surface area contributed by atoms with Crippen LogP contribution in [0.2, 0.25) is 0 Å². The molecule has 2 aliphatic rings. The van der Waals surface area contributed by atoms with Gasteiger partial charge in [0.1, 0.15) is 11.6 Å². The van der Waals surface area contributed by atoms with Gasteiger partial charge < -0.3 is 9.47 Å². The lowest BCUT2D eigenvalue weighted by Gasteiger charge is -2.16. The maximum atomic E-state index is 12.6. The molecule has 1 aliphatic heterocycles. The second-order valence-corrected chi connectivity index (χ2v) is 7.08. The molecule has 0 atom stereocenters. The summed E-state index contributed by atoms with van der Waals surface area (Å²) in [5.41, 5.74) is 3.82. The number of nitriles is 1. The van der Waals surface area contributed by atoms with Crippen molar-refractivity contribution in [1.29, 1.82) is 5.26 Å². The summed E-state index contributed by atoms with van der Waals surface area (Å²) in [6.07, 6.45) is 4.97. The van der Waals surface area contributed by atoms with Gasteiger partial charge in [0.05, 0.1) is 6.54 Å². The normalized spacial score (nSPS) is 15.7. The van der Waals surface area contributed by atoms with Crippen LogP contribution in [-0.2, 0) is 19.4 Å². The number of fused-ring (bicyclic) bond motifs is 1. The molecule has 0 radical (unpaired) electrons. The molecule has 2 heterocycles. The summed E-state index contributed by atoms with van der Waals surface area (Å²) >= 11 is 0. The van der Waals surface area contributed by atoms with Gasteiger partial charge in [-0.05, 0) is 61.4 Å². The van der Waals surface area contributed by atoms with Crippen LogP contribution in [0.5, 0.6) is 0 Å². The predicted molar refractivity (Wildman–Crippen MR) is 98.1 cm³/mol. The lowest BCUT2D eigenvalue weighted by atomic mass is 10.1. The summed E-state index contributed by atoms with van der Waals surface area (Å²) in [7, 11) is 0. The molecular formula is C21H21N3O2. The number of amides is 1. The summed E-state index contributed by atoms with van der Waals surface area (Å²) in [6, 6.07) is 11.3. The van der Waals surface area contributed by atoms with Crippen molar-refractivity contribution in [3.63, 3.8) is 0 Å². The van der Waals surface area contributed by atoms with Gasteiger partial charge in [-0.2, -0.15) is 5.26 Å². The molecule has 4 rings (SSSR count). The SMILES string of the molecule is N#Cc1cc2c(n(Cc3ccc(C(=O)N4CCCC4)cc3)c1=O)CCC2. The average Bonchev–Trinajstić information content (AvgIpc) is 3.35. The van der Waals surface area contributed by atoms with Crippen LogP contribution >= 0.6 is 0 Å². The Labute approximate surface area is 152 Å². The minimum Gasteiger partial charge on any atom is -0.339 e. The number of pyridine rings is 1. The van der Waals surface area contributed by atoms with Gasteiger partial charge in [0, 0.05) is 24.3 Å². The Hall–Kier alpha value is -2.87. The molecule has 0 unspecified atom stereocenters. The molecule has 5 nitrogen and oxygen atoms in total. The van der Waals surface area contributed by atoms with E-state index in [1.165, 1.54) is 0 Å². The first-order valence-electron chi connectivity index (χ1n) is 9.21. The van der Waals surface area contributed by atoms with Gasteiger partial charge in [-0.3, -0.25) is 9.59 Å². The zero-order valence-electron chi connectivity index (χ0n) is 14.7. The number of aryl methyl sites for hydroxylation is 1. The molecule has 1 aromatic carbocycles. The topological polar surface area (TPSA) is 66.1 Å². The Bertz CT molecular complexity index is 945. The number of rotatable bonds is 3. The number of benzene rings is 1. The van der Waals surface area contributed by atoms with E-state index in [1.807, 2.05) is 35.2 Å². The molecule has 132 valence electrons. The highest BCUT2D eigenvalue weighted by Gasteiger charge is 2.21. The third-order valence-electron chi connectivity index (χ3n) is 5.41. The Morgan fingerprint density at radius 1 is 1.08 bits per heavy atom. The van der Waals surface area contributed by atoms with Crippen molar-refractivity contribution in [2.24, 2.45) is 0 Å². The average molecular weight is 347 g/mol. The summed E-state index contributed by atoms with van der Waals surface area (Å²) in [4.78, 5) is 26.9. The zero-order chi connectivity index (χ0) is 18.1. The second kappa shape index (κ2) is 6.80. The molecule has 1 fully saturated rings. The fourth-order valence-corrected chi connectivity index (χ4v) is 4.00. The smallest absolute Gasteiger partial charge is 0.268 e. The van der Waals surface area contributed by atoms with Crippen molar-refractivity contribution in [3.05, 3.63) is 68.6 Å². The molecule has 0 bridgehead atoms. The number of aromatic nitrogens is 1. The highest BCUT2D eigenvalue weighted by molar-refractivity contribution is 5.94. The monoisotopic (exact) mass is 347 g/mol. The van der Waals surface area contributed by atoms with Crippen molar-refractivity contribution in [3.8, 4) is 6.07 Å². The van der Waals surface area contributed by atoms with E-state index in [-0.39, 0.29) is 17.0 Å². The lowest BCUT2D eigenvalue weighted by molar-refractivity contribution is 0.0793. The van der Waals surface area contributed by atoms with Crippen LogP contribution in [0.15, 0.2) is 35.1 Å². The van der Waals surface area contributed by atoms with Gasteiger partial charge in [0.25, 0.3) is 11.5 Å². The van der Waals surface area contributed by atoms with E-state index in [0.717, 1.165) is 62.0 Å². The summed E-state index contributed by atoms with van der Waals surface area (Å²) in [6.45, 7) is 2.11. The molecule has 1 saturated heterocycles. The molecule has 0 saturated carbocycles. The minimum absolute atomic E-state index is 0.0820. The first-order chi connectivity index (χ1) is 12.7. The first-order valence-corrected chi connectivity index (χ1v) is 9.21. The van der Waals surface area contributed by atoms with Gasteiger partial charge in [-0.15, -0.1) is 0 Å². The molecule has 5 heteroatoms. The summed E-state index contributed by atoms with van der Waals surface area (Å²) < 4.78 is 1.73. The largest absolute Gasteiger partial charge is 0.339 e. The summed E-state index contributed by atoms with van der Waals surface area (Å²) in [5, 5.41) is 9.24. The maximum Gasteiger partial charge on any atom is 0.268 e. The number of carbonyl (C=O) groups is 1. The molecule has 1 aromatic heterocycles. The van der Waals surface area contributed by atoms with Crippen LogP contribution in [-0.4, -0.2) is 28.5 Å². The van der Waals surface area contributed by atoms with Gasteiger partial charge in [-0.25, -0.2) is 0 Å². The fourth-order valence-electron chi connectivity index (χ4n) is 4.00. The molecule has 0 spiro atoms. The van der Waals surface area contributed by atoms with E-state index in [2.05, 4.69) is 0 Å². The van der Waals surface area contributed by atoms with Crippen molar-refractivity contribution < 1.29 is 4.79 Å². The van der Waals surface area contributed by atoms with Crippen LogP contribution in [0.3, 0.4) is 0 Å². The van der Waals surface area contributed by atoms with Crippen LogP contribution < -0.4 is 5.56 Å². The second-order valence-electron chi connectivity index (χ2n) is 7.08. The number of hydrogen-bond acceptors (Lipinski definition) is 3. The van der Waals surface area contributed by atoms with Crippen molar-refractivity contribution in [1.82, 2.24) is 9.47 Å². The number of hydrogen-bond donors (Lipinski definition) is 0. The van der Waals surface area contributed by atoms with Gasteiger partial charge >= 0.3 is 0 Å². The fraction of sp³-hybridized carbons (Fsp3) is 0.381. The van der Waals surface area contributed by atoms with E-state index in [4.69, 9.17) is 0 Å². The molecule has 1 aliphatic carbocycles. The molecule has 2 aromatic rings. The predicted octanol–water partition coefficient (Wildman–Crippen LogP) is 2.49. The van der Waals surface area contributed by atoms with Crippen LogP contribution in [0.4, 0.5) is 0 Å². The van der Waals surface area contributed by atoms with Crippen LogP contribution in [0.25, 0.3) is 0 Å². The van der Waals surface area contributed by atoms with E-state index in [1.54, 1.807) is 10.6 Å². The van der Waals surface area contributed by atoms with Gasteiger partial charge in [0.2, 0.25) is 0 Å². The highest BCUT2D eigenvalue weighted by Crippen LogP contribution is 2.22. The van der Waals surface area contributed by atoms with Crippen LogP contribution in [0.1, 0.15) is 52.0 Å². The number of likely N-dealkylation sites (tertiary alicyclic amines) is 1. The Morgan fingerprint density at radius 3 is 2.50 bits per heavy atom. The molecule has 0 N–H and O–H groups in total. The maximum absolute atomic E-state index is 12.6. The van der Waals surface area contributed by atoms with Crippen molar-refractivity contribution >= 4 is 5.91 Å². The van der Waals surface area contributed by atoms with Gasteiger partial charge in [-0.1, -0.05) is 12.1 Å². The minimum atomic E-state index is -0.217. The van der Waals surface area contributed by atoms with Crippen molar-refractivity contribution in [2.75, 3.05) is 13.1 Å². The van der Waals surface area contributed by atoms with Gasteiger partial charge in [0.15, 0.2) is 0 Å². The van der Waals surface area contributed by atoms with E-state index in [0.29, 0.717) is 12.1 Å². The Morgan fingerprint density at radius 2 is 1.81 bits per heavy atom. The van der Waals surface area contributed by atoms with E-state index >= 15 is 0 Å². The number of nitrogens with zero attached hydrogens (tertiary/aromatic N) is 3.